The van der Waals surface area contributed by atoms with Gasteiger partial charge in [0.25, 0.3) is 0 Å². The molecule has 0 aliphatic rings. The van der Waals surface area contributed by atoms with Crippen molar-refractivity contribution in [3.8, 4) is 0 Å². The minimum absolute atomic E-state index is 0. The quantitative estimate of drug-likeness (QED) is 0.561. The number of hydrogen-bond donors (Lipinski definition) is 0. The third kappa shape index (κ3) is 5.77. The van der Waals surface area contributed by atoms with E-state index >= 15 is 0 Å². The average molecular weight is 212 g/mol. The second kappa shape index (κ2) is 10.0. The predicted octanol–water partition coefficient (Wildman–Crippen LogP) is -0.933. The molecule has 0 N–H and O–H groups in total. The van der Waals surface area contributed by atoms with Crippen molar-refractivity contribution in [2.75, 3.05) is 0 Å². The van der Waals surface area contributed by atoms with Crippen LogP contribution in [0.5, 0.6) is 0 Å². The number of rotatable bonds is 1. The minimum Gasteiger partial charge on any atom is -0.470 e. The third-order valence-corrected chi connectivity index (χ3v) is 0.790. The van der Waals surface area contributed by atoms with Gasteiger partial charge in [-0.05, 0) is 5.76 Å². The van der Waals surface area contributed by atoms with Crippen molar-refractivity contribution in [3.63, 3.8) is 0 Å². The molecule has 0 aliphatic heterocycles. The van der Waals surface area contributed by atoms with E-state index < -0.39 is 0 Å². The van der Waals surface area contributed by atoms with Crippen LogP contribution in [0.25, 0.3) is 0 Å². The van der Waals surface area contributed by atoms with Crippen LogP contribution in [0.15, 0.2) is 10.6 Å². The normalized spacial score (nSPS) is 7.10. The van der Waals surface area contributed by atoms with Crippen molar-refractivity contribution in [1.82, 2.24) is 5.16 Å². The zero-order valence-electron chi connectivity index (χ0n) is 7.14. The molecule has 1 aromatic rings. The van der Waals surface area contributed by atoms with Crippen molar-refractivity contribution in [2.24, 2.45) is 0 Å². The molecule has 0 spiro atoms. The molecule has 0 radical (unpaired) electrons. The Hall–Kier alpha value is 1.02. The summed E-state index contributed by atoms with van der Waals surface area (Å²) in [6.07, 6.45) is 3.46. The van der Waals surface area contributed by atoms with Crippen molar-refractivity contribution in [1.29, 1.82) is 0 Å². The maximum Gasteiger partial charge on any atom is 1.00 e. The van der Waals surface area contributed by atoms with Crippen molar-refractivity contribution in [3.05, 3.63) is 18.0 Å². The monoisotopic (exact) mass is 211 g/mol. The summed E-state index contributed by atoms with van der Waals surface area (Å²) >= 11 is 0. The molecule has 2 nitrogen and oxygen atoms in total. The minimum atomic E-state index is 0. The Morgan fingerprint density at radius 3 is 2.40 bits per heavy atom. The molecular formula is C7H12NORb. The zero-order valence-corrected chi connectivity index (χ0v) is 12.1. The summed E-state index contributed by atoms with van der Waals surface area (Å²) in [5.74, 6) is 0.889. The molecule has 0 amide bonds. The second-order valence-electron chi connectivity index (χ2n) is 1.28. The smallest absolute Gasteiger partial charge is 0.470 e. The summed E-state index contributed by atoms with van der Waals surface area (Å²) in [4.78, 5) is 0. The Balaban J connectivity index is 0. The second-order valence-corrected chi connectivity index (χ2v) is 1.28. The Bertz CT molecular complexity index is 128. The summed E-state index contributed by atoms with van der Waals surface area (Å²) < 4.78 is 4.68. The van der Waals surface area contributed by atoms with Gasteiger partial charge in [0, 0.05) is 0 Å². The van der Waals surface area contributed by atoms with Gasteiger partial charge < -0.3 is 4.52 Å². The first-order valence-corrected chi connectivity index (χ1v) is 3.25. The molecular weight excluding hydrogens is 200 g/mol. The maximum atomic E-state index is 4.68. The summed E-state index contributed by atoms with van der Waals surface area (Å²) in [6.45, 7) is 6.01. The summed E-state index contributed by atoms with van der Waals surface area (Å²) in [6, 6.07) is 1.74. The van der Waals surface area contributed by atoms with Gasteiger partial charge in [-0.2, -0.15) is 6.07 Å². The van der Waals surface area contributed by atoms with Crippen molar-refractivity contribution in [2.45, 2.75) is 27.2 Å². The van der Waals surface area contributed by atoms with E-state index in [2.05, 4.69) is 15.9 Å². The Kier molecular flexibility index (Phi) is 13.6. The van der Waals surface area contributed by atoms with Crippen molar-refractivity contribution >= 4 is 0 Å². The van der Waals surface area contributed by atoms with Gasteiger partial charge in [-0.25, -0.2) is 5.16 Å². The van der Waals surface area contributed by atoms with Crippen LogP contribution in [-0.4, -0.2) is 5.16 Å². The fourth-order valence-electron chi connectivity index (χ4n) is 0.376. The standard InChI is InChI=1S/C5H6NO.C2H6.Rb/c1-2-5-3-4-6-7-5;1-2;/h3H,2H2,1H3;1-2H3;/q-1;;+1. The SMILES string of the molecule is CC.CCc1c[c-]no1.[Rb+]. The first-order valence-electron chi connectivity index (χ1n) is 3.25. The Morgan fingerprint density at radius 1 is 1.60 bits per heavy atom. The van der Waals surface area contributed by atoms with E-state index in [4.69, 9.17) is 0 Å². The van der Waals surface area contributed by atoms with Crippen LogP contribution in [0.3, 0.4) is 0 Å². The number of aryl methyl sites for hydroxylation is 1. The van der Waals surface area contributed by atoms with Crippen LogP contribution in [0, 0.1) is 6.20 Å². The average Bonchev–Trinajstić information content (AvgIpc) is 2.43. The fraction of sp³-hybridized carbons (Fsp3) is 0.571. The van der Waals surface area contributed by atoms with Crippen molar-refractivity contribution < 1.29 is 62.7 Å². The third-order valence-electron chi connectivity index (χ3n) is 0.790. The first kappa shape index (κ1) is 13.6. The van der Waals surface area contributed by atoms with E-state index in [1.807, 2.05) is 20.8 Å². The molecule has 0 bridgehead atoms. The van der Waals surface area contributed by atoms with Gasteiger partial charge in [-0.1, -0.05) is 27.2 Å². The summed E-state index contributed by atoms with van der Waals surface area (Å²) in [7, 11) is 0. The van der Waals surface area contributed by atoms with E-state index in [1.165, 1.54) is 0 Å². The van der Waals surface area contributed by atoms with Gasteiger partial charge in [0.2, 0.25) is 0 Å². The molecule has 3 heteroatoms. The molecule has 0 saturated carbocycles. The topological polar surface area (TPSA) is 26.0 Å². The van der Waals surface area contributed by atoms with Gasteiger partial charge in [-0.15, -0.1) is 6.20 Å². The number of aromatic nitrogens is 1. The molecule has 0 saturated heterocycles. The molecule has 0 atom stereocenters. The molecule has 1 aromatic heterocycles. The van der Waals surface area contributed by atoms with Crippen LogP contribution >= 0.6 is 0 Å². The molecule has 1 rings (SSSR count). The van der Waals surface area contributed by atoms with Gasteiger partial charge >= 0.3 is 58.2 Å². The van der Waals surface area contributed by atoms with Crippen LogP contribution in [-0.2, 0) is 6.42 Å². The molecule has 52 valence electrons. The largest absolute Gasteiger partial charge is 1.00 e. The van der Waals surface area contributed by atoms with Gasteiger partial charge in [0.15, 0.2) is 0 Å². The van der Waals surface area contributed by atoms with Crippen LogP contribution < -0.4 is 58.2 Å². The molecule has 0 unspecified atom stereocenters. The van der Waals surface area contributed by atoms with Crippen LogP contribution in [0.2, 0.25) is 0 Å². The maximum absolute atomic E-state index is 4.68. The number of nitrogens with zero attached hydrogens (tertiary/aromatic N) is 1. The van der Waals surface area contributed by atoms with Gasteiger partial charge in [-0.3, -0.25) is 0 Å². The first-order chi connectivity index (χ1) is 4.43. The van der Waals surface area contributed by atoms with E-state index in [-0.39, 0.29) is 58.2 Å². The zero-order chi connectivity index (χ0) is 7.11. The summed E-state index contributed by atoms with van der Waals surface area (Å²) in [5, 5.41) is 3.39. The van der Waals surface area contributed by atoms with E-state index in [1.54, 1.807) is 6.07 Å². The predicted molar refractivity (Wildman–Crippen MR) is 36.1 cm³/mol. The molecule has 1 heterocycles. The number of hydrogen-bond acceptors (Lipinski definition) is 2. The molecule has 0 aromatic carbocycles. The molecule has 10 heavy (non-hydrogen) atoms. The molecule has 0 aliphatic carbocycles. The summed E-state index contributed by atoms with van der Waals surface area (Å²) in [5.41, 5.74) is 0. The van der Waals surface area contributed by atoms with Gasteiger partial charge in [0.05, 0.1) is 0 Å². The Morgan fingerprint density at radius 2 is 2.20 bits per heavy atom. The Labute approximate surface area is 111 Å². The van der Waals surface area contributed by atoms with Crippen LogP contribution in [0.4, 0.5) is 0 Å². The fourth-order valence-corrected chi connectivity index (χ4v) is 0.376. The van der Waals surface area contributed by atoms with E-state index in [9.17, 15) is 0 Å². The van der Waals surface area contributed by atoms with Crippen LogP contribution in [0.1, 0.15) is 26.5 Å². The van der Waals surface area contributed by atoms with E-state index in [0.29, 0.717) is 0 Å². The van der Waals surface area contributed by atoms with E-state index in [0.717, 1.165) is 12.2 Å². The molecule has 0 fully saturated rings. The van der Waals surface area contributed by atoms with Gasteiger partial charge in [0.1, 0.15) is 0 Å².